The van der Waals surface area contributed by atoms with Gasteiger partial charge in [0, 0.05) is 38.2 Å². The number of rotatable bonds is 2. The summed E-state index contributed by atoms with van der Waals surface area (Å²) in [6.07, 6.45) is 0. The van der Waals surface area contributed by atoms with Crippen molar-refractivity contribution in [1.82, 2.24) is 14.0 Å². The van der Waals surface area contributed by atoms with Gasteiger partial charge in [-0.05, 0) is 60.7 Å². The number of hydrogen-bond donors (Lipinski definition) is 0. The maximum atomic E-state index is 6.64. The van der Waals surface area contributed by atoms with Gasteiger partial charge >= 0.3 is 0 Å². The van der Waals surface area contributed by atoms with Crippen molar-refractivity contribution in [3.8, 4) is 16.9 Å². The van der Waals surface area contributed by atoms with E-state index >= 15 is 0 Å². The Bertz CT molecular complexity index is 3040. The van der Waals surface area contributed by atoms with Gasteiger partial charge in [-0.1, -0.05) is 78.9 Å². The quantitative estimate of drug-likeness (QED) is 0.202. The number of para-hydroxylation sites is 5. The zero-order valence-corrected chi connectivity index (χ0v) is 24.4. The van der Waals surface area contributed by atoms with Crippen LogP contribution in [0.4, 0.5) is 0 Å². The topological polar surface area (TPSA) is 48.5 Å². The minimum Gasteiger partial charge on any atom is -0.456 e. The number of aromatic nitrogens is 3. The van der Waals surface area contributed by atoms with Crippen molar-refractivity contribution in [3.63, 3.8) is 0 Å². The molecular weight excluding hydrogens is 566 g/mol. The second-order valence-electron chi connectivity index (χ2n) is 12.0. The van der Waals surface area contributed by atoms with Crippen molar-refractivity contribution >= 4 is 82.4 Å². The van der Waals surface area contributed by atoms with Crippen LogP contribution in [0.3, 0.4) is 0 Å². The van der Waals surface area contributed by atoms with E-state index in [-0.39, 0.29) is 0 Å². The van der Waals surface area contributed by atoms with E-state index in [0.717, 1.165) is 88.4 Å². The van der Waals surface area contributed by atoms with Gasteiger partial charge < -0.3 is 13.2 Å². The zero-order chi connectivity index (χ0) is 29.9. The number of benzene rings is 6. The summed E-state index contributed by atoms with van der Waals surface area (Å²) in [5.41, 5.74) is 11.8. The molecule has 0 fully saturated rings. The predicted octanol–water partition coefficient (Wildman–Crippen LogP) is 11.1. The van der Waals surface area contributed by atoms with Crippen molar-refractivity contribution in [2.45, 2.75) is 0 Å². The van der Waals surface area contributed by atoms with Crippen LogP contribution in [0, 0.1) is 0 Å². The van der Waals surface area contributed by atoms with E-state index in [1.807, 2.05) is 24.3 Å². The molecule has 0 spiro atoms. The molecule has 0 bridgehead atoms. The molecule has 6 aromatic carbocycles. The maximum Gasteiger partial charge on any atom is 0.213 e. The monoisotopic (exact) mass is 589 g/mol. The molecule has 0 amide bonds. The lowest BCUT2D eigenvalue weighted by molar-refractivity contribution is 0.645. The fourth-order valence-electron chi connectivity index (χ4n) is 7.48. The van der Waals surface area contributed by atoms with E-state index in [2.05, 4.69) is 124 Å². The highest BCUT2D eigenvalue weighted by Crippen LogP contribution is 2.43. The molecule has 0 saturated carbocycles. The number of furan rings is 2. The van der Waals surface area contributed by atoms with E-state index in [9.17, 15) is 0 Å². The Kier molecular flexibility index (Phi) is 4.52. The van der Waals surface area contributed by atoms with Crippen LogP contribution in [-0.2, 0) is 0 Å². The van der Waals surface area contributed by atoms with Crippen LogP contribution in [0.15, 0.2) is 148 Å². The lowest BCUT2D eigenvalue weighted by Gasteiger charge is -2.12. The fraction of sp³-hybridized carbons (Fsp3) is 0. The van der Waals surface area contributed by atoms with Crippen molar-refractivity contribution in [2.75, 3.05) is 0 Å². The van der Waals surface area contributed by atoms with Gasteiger partial charge in [-0.3, -0.25) is 4.57 Å². The average Bonchev–Trinajstić information content (AvgIpc) is 3.85. The lowest BCUT2D eigenvalue weighted by Crippen LogP contribution is -1.97. The van der Waals surface area contributed by atoms with Gasteiger partial charge in [-0.25, -0.2) is 4.98 Å². The Morgan fingerprint density at radius 1 is 0.478 bits per heavy atom. The third-order valence-corrected chi connectivity index (χ3v) is 9.47. The standard InChI is InChI=1S/C41H23N3O2/c1-5-16-32-24(10-1)21-35-40(42-31-15-4-6-17-33(31)44(32)35)25-11-9-12-26(20-25)43-34-22-29-27-13-2-7-18-36(27)45-38(29)23-30(34)39-28-14-3-8-19-37(28)46-41(39)43/h1-23H. The largest absolute Gasteiger partial charge is 0.456 e. The van der Waals surface area contributed by atoms with Gasteiger partial charge in [0.1, 0.15) is 16.7 Å². The van der Waals surface area contributed by atoms with Gasteiger partial charge in [0.25, 0.3) is 0 Å². The van der Waals surface area contributed by atoms with Gasteiger partial charge in [-0.15, -0.1) is 0 Å². The third kappa shape index (κ3) is 3.11. The number of hydrogen-bond acceptors (Lipinski definition) is 3. The Morgan fingerprint density at radius 3 is 2.15 bits per heavy atom. The first kappa shape index (κ1) is 24.0. The van der Waals surface area contributed by atoms with E-state index in [4.69, 9.17) is 13.8 Å². The molecule has 11 rings (SSSR count). The number of nitrogens with zero attached hydrogens (tertiary/aromatic N) is 3. The van der Waals surface area contributed by atoms with Gasteiger partial charge in [0.15, 0.2) is 0 Å². The SMILES string of the molecule is c1cc(-c2nc3ccccc3n3c2cc2ccccc23)cc(-n2c3cc4c(cc3c3c5ccccc5oc32)oc2ccccc24)c1. The van der Waals surface area contributed by atoms with E-state index in [1.54, 1.807) is 0 Å². The van der Waals surface area contributed by atoms with Crippen LogP contribution in [-0.4, -0.2) is 14.0 Å². The first-order chi connectivity index (χ1) is 22.8. The molecule has 5 aromatic heterocycles. The second-order valence-corrected chi connectivity index (χ2v) is 12.0. The second kappa shape index (κ2) is 8.65. The Labute approximate surface area is 261 Å². The summed E-state index contributed by atoms with van der Waals surface area (Å²) in [4.78, 5) is 5.25. The molecule has 0 aliphatic rings. The number of fused-ring (bicyclic) bond motifs is 13. The van der Waals surface area contributed by atoms with Crippen molar-refractivity contribution in [3.05, 3.63) is 140 Å². The highest BCUT2D eigenvalue weighted by Gasteiger charge is 2.22. The molecule has 5 heteroatoms. The first-order valence-corrected chi connectivity index (χ1v) is 15.5. The fourth-order valence-corrected chi connectivity index (χ4v) is 7.48. The van der Waals surface area contributed by atoms with Crippen LogP contribution >= 0.6 is 0 Å². The molecule has 0 saturated heterocycles. The summed E-state index contributed by atoms with van der Waals surface area (Å²) >= 11 is 0. The molecule has 46 heavy (non-hydrogen) atoms. The van der Waals surface area contributed by atoms with Crippen LogP contribution in [0.25, 0.3) is 99.3 Å². The third-order valence-electron chi connectivity index (χ3n) is 9.47. The van der Waals surface area contributed by atoms with Crippen molar-refractivity contribution < 1.29 is 8.83 Å². The van der Waals surface area contributed by atoms with Gasteiger partial charge in [0.05, 0.1) is 38.7 Å². The summed E-state index contributed by atoms with van der Waals surface area (Å²) in [7, 11) is 0. The van der Waals surface area contributed by atoms with Crippen LogP contribution < -0.4 is 0 Å². The predicted molar refractivity (Wildman–Crippen MR) is 187 cm³/mol. The van der Waals surface area contributed by atoms with Crippen LogP contribution in [0.2, 0.25) is 0 Å². The molecule has 5 heterocycles. The minimum atomic E-state index is 0.815. The van der Waals surface area contributed by atoms with Gasteiger partial charge in [-0.2, -0.15) is 0 Å². The molecule has 214 valence electrons. The summed E-state index contributed by atoms with van der Waals surface area (Å²) in [6, 6.07) is 48.7. The summed E-state index contributed by atoms with van der Waals surface area (Å²) in [6.45, 7) is 0. The molecule has 0 aliphatic carbocycles. The highest BCUT2D eigenvalue weighted by molar-refractivity contribution is 6.23. The first-order valence-electron chi connectivity index (χ1n) is 15.5. The molecule has 0 atom stereocenters. The zero-order valence-electron chi connectivity index (χ0n) is 24.4. The highest BCUT2D eigenvalue weighted by atomic mass is 16.3. The van der Waals surface area contributed by atoms with E-state index < -0.39 is 0 Å². The van der Waals surface area contributed by atoms with Crippen LogP contribution in [0.1, 0.15) is 0 Å². The molecule has 0 aliphatic heterocycles. The molecule has 5 nitrogen and oxygen atoms in total. The maximum absolute atomic E-state index is 6.64. The normalized spacial score (nSPS) is 12.3. The van der Waals surface area contributed by atoms with E-state index in [0.29, 0.717) is 0 Å². The molecule has 0 unspecified atom stereocenters. The Balaban J connectivity index is 1.24. The molecule has 0 radical (unpaired) electrons. The molecule has 0 N–H and O–H groups in total. The summed E-state index contributed by atoms with van der Waals surface area (Å²) < 4.78 is 17.6. The van der Waals surface area contributed by atoms with E-state index in [1.165, 1.54) is 10.9 Å². The van der Waals surface area contributed by atoms with Crippen molar-refractivity contribution in [1.29, 1.82) is 0 Å². The molecular formula is C41H23N3O2. The lowest BCUT2D eigenvalue weighted by atomic mass is 10.1. The molecule has 11 aromatic rings. The average molecular weight is 590 g/mol. The smallest absolute Gasteiger partial charge is 0.213 e. The Hall–Kier alpha value is -6.33. The van der Waals surface area contributed by atoms with Crippen LogP contribution in [0.5, 0.6) is 0 Å². The van der Waals surface area contributed by atoms with Crippen molar-refractivity contribution in [2.24, 2.45) is 0 Å². The summed E-state index contributed by atoms with van der Waals surface area (Å²) in [5.74, 6) is 0. The minimum absolute atomic E-state index is 0.815. The Morgan fingerprint density at radius 2 is 1.24 bits per heavy atom. The summed E-state index contributed by atoms with van der Waals surface area (Å²) in [5, 5.41) is 6.65. The van der Waals surface area contributed by atoms with Gasteiger partial charge in [0.2, 0.25) is 5.71 Å².